The van der Waals surface area contributed by atoms with Gasteiger partial charge in [0, 0.05) is 34.1 Å². The summed E-state index contributed by atoms with van der Waals surface area (Å²) in [6.45, 7) is 2.35. The lowest BCUT2D eigenvalue weighted by atomic mass is 10.2. The summed E-state index contributed by atoms with van der Waals surface area (Å²) in [6.07, 6.45) is -3.62. The molecule has 0 aromatic heterocycles. The second-order valence-corrected chi connectivity index (χ2v) is 9.91. The van der Waals surface area contributed by atoms with E-state index in [-0.39, 0.29) is 25.1 Å². The molecule has 0 heterocycles. The second-order valence-electron chi connectivity index (χ2n) is 8.21. The van der Waals surface area contributed by atoms with Gasteiger partial charge in [0.2, 0.25) is 11.8 Å². The molecule has 0 saturated carbocycles. The topological polar surface area (TPSA) is 89.0 Å². The van der Waals surface area contributed by atoms with Gasteiger partial charge in [-0.15, -0.1) is 0 Å². The van der Waals surface area contributed by atoms with E-state index >= 15 is 0 Å². The first-order chi connectivity index (χ1) is 19.0. The minimum atomic E-state index is -4.53. The highest BCUT2D eigenvalue weighted by atomic mass is 79.9. The van der Waals surface area contributed by atoms with Crippen molar-refractivity contribution in [3.8, 4) is 11.5 Å². The molecule has 3 aromatic rings. The summed E-state index contributed by atoms with van der Waals surface area (Å²) in [7, 11) is 0. The lowest BCUT2D eigenvalue weighted by Gasteiger charge is -2.15. The molecular weight excluding hydrogens is 638 g/mol. The van der Waals surface area contributed by atoms with Gasteiger partial charge in [-0.05, 0) is 70.9 Å². The predicted molar refractivity (Wildman–Crippen MR) is 151 cm³/mol. The van der Waals surface area contributed by atoms with Gasteiger partial charge in [0.25, 0.3) is 0 Å². The molecule has 40 heavy (non-hydrogen) atoms. The van der Waals surface area contributed by atoms with Gasteiger partial charge in [-0.2, -0.15) is 18.3 Å². The van der Waals surface area contributed by atoms with Crippen LogP contribution in [-0.4, -0.2) is 24.6 Å². The van der Waals surface area contributed by atoms with E-state index in [9.17, 15) is 22.8 Å². The Hall–Kier alpha value is -3.28. The molecule has 3 rings (SSSR count). The molecule has 2 amide bonds. The van der Waals surface area contributed by atoms with E-state index in [1.54, 1.807) is 30.3 Å². The fourth-order valence-corrected chi connectivity index (χ4v) is 4.35. The molecule has 0 saturated heterocycles. The van der Waals surface area contributed by atoms with E-state index in [0.29, 0.717) is 38.2 Å². The van der Waals surface area contributed by atoms with Gasteiger partial charge in [0.15, 0.2) is 11.5 Å². The van der Waals surface area contributed by atoms with Crippen LogP contribution in [0.1, 0.15) is 36.5 Å². The third-order valence-electron chi connectivity index (χ3n) is 5.17. The van der Waals surface area contributed by atoms with Crippen molar-refractivity contribution < 1.29 is 32.2 Å². The zero-order valence-corrected chi connectivity index (χ0v) is 24.0. The Bertz CT molecular complexity index is 1400. The van der Waals surface area contributed by atoms with Crippen molar-refractivity contribution >= 4 is 62.8 Å². The van der Waals surface area contributed by atoms with Gasteiger partial charge in [0.05, 0.1) is 22.9 Å². The Morgan fingerprint density at radius 3 is 2.48 bits per heavy atom. The first kappa shape index (κ1) is 31.3. The number of hydrazone groups is 1. The number of anilines is 1. The minimum Gasteiger partial charge on any atom is -0.490 e. The van der Waals surface area contributed by atoms with Crippen molar-refractivity contribution in [2.45, 2.75) is 32.5 Å². The third kappa shape index (κ3) is 9.42. The normalized spacial score (nSPS) is 11.4. The molecule has 212 valence electrons. The number of halogens is 6. The van der Waals surface area contributed by atoms with Crippen LogP contribution in [0.2, 0.25) is 10.0 Å². The van der Waals surface area contributed by atoms with Crippen molar-refractivity contribution in [2.75, 3.05) is 11.9 Å². The van der Waals surface area contributed by atoms with E-state index in [0.717, 1.165) is 17.7 Å². The molecular formula is C27H23BrCl2F3N3O4. The predicted octanol–water partition coefficient (Wildman–Crippen LogP) is 7.62. The zero-order chi connectivity index (χ0) is 29.3. The lowest BCUT2D eigenvalue weighted by Crippen LogP contribution is -2.20. The number of alkyl halides is 3. The van der Waals surface area contributed by atoms with Crippen molar-refractivity contribution in [3.05, 3.63) is 85.8 Å². The number of carbonyl (C=O) groups excluding carboxylic acids is 2. The Labute approximate surface area is 246 Å². The summed E-state index contributed by atoms with van der Waals surface area (Å²) in [6, 6.07) is 12.7. The van der Waals surface area contributed by atoms with E-state index in [1.165, 1.54) is 18.3 Å². The molecule has 3 aromatic carbocycles. The highest BCUT2D eigenvalue weighted by molar-refractivity contribution is 9.10. The molecule has 13 heteroatoms. The summed E-state index contributed by atoms with van der Waals surface area (Å²) in [5.41, 5.74) is 2.72. The Morgan fingerprint density at radius 1 is 1.02 bits per heavy atom. The number of hydrogen-bond donors (Lipinski definition) is 2. The molecule has 0 radical (unpaired) electrons. The van der Waals surface area contributed by atoms with Crippen LogP contribution in [0.5, 0.6) is 11.5 Å². The van der Waals surface area contributed by atoms with Gasteiger partial charge < -0.3 is 14.8 Å². The van der Waals surface area contributed by atoms with Crippen molar-refractivity contribution in [1.82, 2.24) is 5.43 Å². The number of ether oxygens (including phenoxy) is 2. The van der Waals surface area contributed by atoms with Crippen LogP contribution in [0.4, 0.5) is 18.9 Å². The molecule has 0 unspecified atom stereocenters. The SMILES string of the molecule is CCOc1cc(C=NNC(=O)CCC(=O)Nc2cccc(C(F)(F)F)c2)cc(Br)c1OCc1ccc(Cl)cc1Cl. The van der Waals surface area contributed by atoms with Crippen LogP contribution in [-0.2, 0) is 22.4 Å². The molecule has 0 aliphatic rings. The summed E-state index contributed by atoms with van der Waals surface area (Å²) in [5.74, 6) is -0.291. The molecule has 0 aliphatic heterocycles. The van der Waals surface area contributed by atoms with Gasteiger partial charge in [-0.3, -0.25) is 9.59 Å². The smallest absolute Gasteiger partial charge is 0.416 e. The van der Waals surface area contributed by atoms with Gasteiger partial charge >= 0.3 is 6.18 Å². The van der Waals surface area contributed by atoms with Crippen LogP contribution in [0, 0.1) is 0 Å². The standard InChI is InChI=1S/C27H23BrCl2F3N3O4/c1-2-39-23-11-16(10-21(28)26(23)40-15-17-6-7-19(29)13-22(17)30)14-34-36-25(38)9-8-24(37)35-20-5-3-4-18(12-20)27(31,32)33/h3-7,10-14H,2,8-9,15H2,1H3,(H,35,37)(H,36,38). The van der Waals surface area contributed by atoms with E-state index < -0.39 is 23.6 Å². The first-order valence-corrected chi connectivity index (χ1v) is 13.3. The fourth-order valence-electron chi connectivity index (χ4n) is 3.31. The highest BCUT2D eigenvalue weighted by Crippen LogP contribution is 2.37. The Kier molecular flexibility index (Phi) is 11.2. The third-order valence-corrected chi connectivity index (χ3v) is 6.35. The molecule has 0 atom stereocenters. The van der Waals surface area contributed by atoms with Crippen LogP contribution >= 0.6 is 39.1 Å². The number of hydrogen-bond acceptors (Lipinski definition) is 5. The average molecular weight is 661 g/mol. The molecule has 0 fully saturated rings. The summed E-state index contributed by atoms with van der Waals surface area (Å²) < 4.78 is 50.7. The monoisotopic (exact) mass is 659 g/mol. The number of nitrogens with one attached hydrogen (secondary N) is 2. The number of carbonyl (C=O) groups is 2. The van der Waals surface area contributed by atoms with Crippen LogP contribution < -0.4 is 20.2 Å². The average Bonchev–Trinajstić information content (AvgIpc) is 2.88. The van der Waals surface area contributed by atoms with Crippen molar-refractivity contribution in [3.63, 3.8) is 0 Å². The number of nitrogens with zero attached hydrogens (tertiary/aromatic N) is 1. The molecule has 0 spiro atoms. The van der Waals surface area contributed by atoms with Gasteiger partial charge in [-0.1, -0.05) is 35.3 Å². The Morgan fingerprint density at radius 2 is 1.77 bits per heavy atom. The maximum Gasteiger partial charge on any atom is 0.416 e. The summed E-state index contributed by atoms with van der Waals surface area (Å²) in [5, 5.41) is 7.23. The maximum absolute atomic E-state index is 12.8. The molecule has 0 bridgehead atoms. The number of amides is 2. The highest BCUT2D eigenvalue weighted by Gasteiger charge is 2.30. The molecule has 0 aliphatic carbocycles. The summed E-state index contributed by atoms with van der Waals surface area (Å²) in [4.78, 5) is 24.2. The number of benzene rings is 3. The fraction of sp³-hybridized carbons (Fsp3) is 0.222. The van der Waals surface area contributed by atoms with Crippen LogP contribution in [0.3, 0.4) is 0 Å². The van der Waals surface area contributed by atoms with E-state index in [4.69, 9.17) is 32.7 Å². The maximum atomic E-state index is 12.8. The zero-order valence-electron chi connectivity index (χ0n) is 20.9. The quantitative estimate of drug-likeness (QED) is 0.164. The number of rotatable bonds is 11. The van der Waals surface area contributed by atoms with Crippen molar-refractivity contribution in [1.29, 1.82) is 0 Å². The summed E-state index contributed by atoms with van der Waals surface area (Å²) >= 11 is 15.6. The molecule has 2 N–H and O–H groups in total. The van der Waals surface area contributed by atoms with Crippen LogP contribution in [0.15, 0.2) is 64.2 Å². The van der Waals surface area contributed by atoms with E-state index in [1.807, 2.05) is 6.92 Å². The first-order valence-electron chi connectivity index (χ1n) is 11.8. The van der Waals surface area contributed by atoms with Gasteiger partial charge in [0.1, 0.15) is 6.61 Å². The Balaban J connectivity index is 1.55. The lowest BCUT2D eigenvalue weighted by molar-refractivity contribution is -0.137. The van der Waals surface area contributed by atoms with Crippen molar-refractivity contribution in [2.24, 2.45) is 5.10 Å². The minimum absolute atomic E-state index is 0.0161. The largest absolute Gasteiger partial charge is 0.490 e. The van der Waals surface area contributed by atoms with Gasteiger partial charge in [-0.25, -0.2) is 5.43 Å². The van der Waals surface area contributed by atoms with Crippen LogP contribution in [0.25, 0.3) is 0 Å². The van der Waals surface area contributed by atoms with E-state index in [2.05, 4.69) is 31.8 Å². The molecule has 7 nitrogen and oxygen atoms in total. The second kappa shape index (κ2) is 14.4.